The van der Waals surface area contributed by atoms with Gasteiger partial charge in [0.2, 0.25) is 5.91 Å². The monoisotopic (exact) mass is 1610 g/mol. The summed E-state index contributed by atoms with van der Waals surface area (Å²) < 4.78 is 34.6. The lowest BCUT2D eigenvalue weighted by atomic mass is 9.96. The van der Waals surface area contributed by atoms with E-state index in [1.807, 2.05) is 0 Å². The van der Waals surface area contributed by atoms with Gasteiger partial charge in [-0.1, -0.05) is 403 Å². The molecule has 3 aliphatic heterocycles. The van der Waals surface area contributed by atoms with Crippen LogP contribution in [0.5, 0.6) is 0 Å². The molecule has 17 unspecified atom stereocenters. The predicted molar refractivity (Wildman–Crippen MR) is 457 cm³/mol. The number of ether oxygens (including phenoxy) is 6. The van der Waals surface area contributed by atoms with E-state index in [4.69, 9.17) is 28.4 Å². The number of rotatable bonds is 79. The fourth-order valence-electron chi connectivity index (χ4n) is 16.4. The second kappa shape index (κ2) is 73.9. The number of hydrogen-bond donors (Lipinski definition) is 12. The van der Waals surface area contributed by atoms with Gasteiger partial charge in [0.25, 0.3) is 0 Å². The topological polar surface area (TPSA) is 307 Å². The number of amides is 1. The highest BCUT2D eigenvalue weighted by atomic mass is 16.8. The van der Waals surface area contributed by atoms with Crippen molar-refractivity contribution in [3.8, 4) is 0 Å². The summed E-state index contributed by atoms with van der Waals surface area (Å²) in [4.78, 5) is 13.6. The van der Waals surface area contributed by atoms with Crippen LogP contribution >= 0.6 is 0 Å². The number of unbranched alkanes of at least 4 members (excludes halogenated alkanes) is 57. The summed E-state index contributed by atoms with van der Waals surface area (Å²) in [6.07, 6.45) is 68.4. The molecular formula is C94H177NO18. The molecule has 113 heavy (non-hydrogen) atoms. The third-order valence-electron chi connectivity index (χ3n) is 24.0. The maximum Gasteiger partial charge on any atom is 0.220 e. The fraction of sp³-hybridized carbons (Fsp3) is 0.926. The van der Waals surface area contributed by atoms with Gasteiger partial charge in [0.15, 0.2) is 18.9 Å². The average molecular weight is 1610 g/mol. The van der Waals surface area contributed by atoms with Gasteiger partial charge in [-0.05, 0) is 51.4 Å². The average Bonchev–Trinajstić information content (AvgIpc) is 0.780. The second-order valence-electron chi connectivity index (χ2n) is 34.2. The zero-order valence-electron chi connectivity index (χ0n) is 72.1. The minimum atomic E-state index is -1.97. The Morgan fingerprint density at radius 2 is 0.584 bits per heavy atom. The molecule has 0 aliphatic carbocycles. The minimum Gasteiger partial charge on any atom is -0.394 e. The van der Waals surface area contributed by atoms with Gasteiger partial charge in [0, 0.05) is 6.42 Å². The van der Waals surface area contributed by atoms with Crippen molar-refractivity contribution < 1.29 is 89.4 Å². The number of aliphatic hydroxyl groups excluding tert-OH is 11. The van der Waals surface area contributed by atoms with Crippen LogP contribution in [-0.2, 0) is 33.2 Å². The maximum absolute atomic E-state index is 13.6. The standard InChI is InChI=1S/C94H177NO18/c1-3-5-7-9-11-13-15-17-19-21-23-25-27-29-31-33-34-35-36-37-38-39-40-41-42-44-46-48-50-52-54-56-58-60-62-64-66-68-70-72-82(100)95-77(78(99)71-69-67-65-63-61-59-57-55-53-51-49-47-45-43-32-30-28-26-24-22-20-18-16-14-12-10-8-6-4-2)76-108-92-88(106)85(103)90(80(74-97)110-92)113-94-89(107)86(104)91(81(75-98)111-94)112-93-87(105)84(102)83(101)79(73-96)109-93/h15,17,21,23,27,29,77-81,83-94,96-99,101-107H,3-14,16,18-20,22,24-26,28,30-76H2,1-2H3,(H,95,100)/b17-15-,23-21-,29-27-. The molecule has 3 saturated heterocycles. The van der Waals surface area contributed by atoms with E-state index in [1.165, 1.54) is 334 Å². The Morgan fingerprint density at radius 1 is 0.319 bits per heavy atom. The summed E-state index contributed by atoms with van der Waals surface area (Å²) in [7, 11) is 0. The third-order valence-corrected chi connectivity index (χ3v) is 24.0. The van der Waals surface area contributed by atoms with Crippen LogP contribution in [0.2, 0.25) is 0 Å². The van der Waals surface area contributed by atoms with E-state index >= 15 is 0 Å². The highest BCUT2D eigenvalue weighted by Crippen LogP contribution is 2.34. The molecule has 0 spiro atoms. The highest BCUT2D eigenvalue weighted by molar-refractivity contribution is 5.76. The van der Waals surface area contributed by atoms with Crippen molar-refractivity contribution in [3.05, 3.63) is 36.5 Å². The lowest BCUT2D eigenvalue weighted by molar-refractivity contribution is -0.379. The van der Waals surface area contributed by atoms with Crippen molar-refractivity contribution in [2.75, 3.05) is 26.4 Å². The van der Waals surface area contributed by atoms with Crippen LogP contribution in [0.1, 0.15) is 425 Å². The molecular weight excluding hydrogens is 1430 g/mol. The first-order valence-corrected chi connectivity index (χ1v) is 47.7. The first-order chi connectivity index (χ1) is 55.3. The smallest absolute Gasteiger partial charge is 0.220 e. The molecule has 0 saturated carbocycles. The highest BCUT2D eigenvalue weighted by Gasteiger charge is 2.54. The second-order valence-corrected chi connectivity index (χ2v) is 34.2. The van der Waals surface area contributed by atoms with Crippen LogP contribution < -0.4 is 5.32 Å². The number of carbonyl (C=O) groups excluding carboxylic acids is 1. The molecule has 0 bridgehead atoms. The van der Waals surface area contributed by atoms with E-state index in [9.17, 15) is 61.0 Å². The number of allylic oxidation sites excluding steroid dienone is 6. The van der Waals surface area contributed by atoms with Gasteiger partial charge in [-0.2, -0.15) is 0 Å². The molecule has 0 radical (unpaired) electrons. The summed E-state index contributed by atoms with van der Waals surface area (Å²) in [5, 5.41) is 121. The fourth-order valence-corrected chi connectivity index (χ4v) is 16.4. The van der Waals surface area contributed by atoms with Gasteiger partial charge < -0.3 is 89.9 Å². The largest absolute Gasteiger partial charge is 0.394 e. The van der Waals surface area contributed by atoms with E-state index in [2.05, 4.69) is 55.6 Å². The molecule has 3 heterocycles. The molecule has 0 aromatic heterocycles. The van der Waals surface area contributed by atoms with Gasteiger partial charge in [-0.25, -0.2) is 0 Å². The van der Waals surface area contributed by atoms with E-state index < -0.39 is 124 Å². The van der Waals surface area contributed by atoms with Gasteiger partial charge in [-0.15, -0.1) is 0 Å². The van der Waals surface area contributed by atoms with E-state index in [0.29, 0.717) is 12.8 Å². The van der Waals surface area contributed by atoms with Crippen LogP contribution in [0, 0.1) is 0 Å². The zero-order valence-corrected chi connectivity index (χ0v) is 72.1. The Bertz CT molecular complexity index is 2170. The van der Waals surface area contributed by atoms with Crippen LogP contribution in [0.15, 0.2) is 36.5 Å². The van der Waals surface area contributed by atoms with Crippen LogP contribution in [0.3, 0.4) is 0 Å². The molecule has 17 atom stereocenters. The van der Waals surface area contributed by atoms with E-state index in [0.717, 1.165) is 57.8 Å². The van der Waals surface area contributed by atoms with E-state index in [1.54, 1.807) is 0 Å². The summed E-state index contributed by atoms with van der Waals surface area (Å²) in [5.74, 6) is -0.233. The quantitative estimate of drug-likeness (QED) is 0.0199. The Kier molecular flexibility index (Phi) is 68.8. The summed E-state index contributed by atoms with van der Waals surface area (Å²) in [6.45, 7) is 1.87. The molecule has 3 rings (SSSR count). The Morgan fingerprint density at radius 3 is 0.912 bits per heavy atom. The molecule has 0 aromatic rings. The first kappa shape index (κ1) is 105. The van der Waals surface area contributed by atoms with Crippen molar-refractivity contribution in [1.29, 1.82) is 0 Å². The molecule has 3 fully saturated rings. The first-order valence-electron chi connectivity index (χ1n) is 47.7. The lowest BCUT2D eigenvalue weighted by Gasteiger charge is -2.48. The SMILES string of the molecule is CCCCCCC/C=C\C/C=C\C/C=C\CCCCCCCCCCCCCCCCCCCCCCCCCCC(=O)NC(COC1OC(CO)C(OC2OC(CO)C(OC3OC(CO)C(O)C(O)C3O)C(O)C2O)C(O)C1O)C(O)CCCCCCCCCCCCCCCCCCCCCCCCCCCCCCC. The van der Waals surface area contributed by atoms with Gasteiger partial charge in [-0.3, -0.25) is 4.79 Å². The number of hydrogen-bond acceptors (Lipinski definition) is 18. The van der Waals surface area contributed by atoms with Crippen LogP contribution in [-0.4, -0.2) is 193 Å². The molecule has 1 amide bonds. The molecule has 19 nitrogen and oxygen atoms in total. The lowest BCUT2D eigenvalue weighted by Crippen LogP contribution is -2.66. The zero-order chi connectivity index (χ0) is 81.7. The van der Waals surface area contributed by atoms with Gasteiger partial charge in [0.1, 0.15) is 73.2 Å². The molecule has 0 aromatic carbocycles. The summed E-state index contributed by atoms with van der Waals surface area (Å²) in [5.41, 5.74) is 0. The van der Waals surface area contributed by atoms with Crippen molar-refractivity contribution in [1.82, 2.24) is 5.32 Å². The van der Waals surface area contributed by atoms with Crippen molar-refractivity contribution in [3.63, 3.8) is 0 Å². The summed E-state index contributed by atoms with van der Waals surface area (Å²) in [6, 6.07) is -0.888. The van der Waals surface area contributed by atoms with E-state index in [-0.39, 0.29) is 18.9 Å². The van der Waals surface area contributed by atoms with Crippen molar-refractivity contribution in [2.45, 2.75) is 529 Å². The Labute approximate surface area is 689 Å². The molecule has 12 N–H and O–H groups in total. The maximum atomic E-state index is 13.6. The van der Waals surface area contributed by atoms with Gasteiger partial charge in [0.05, 0.1) is 38.6 Å². The third kappa shape index (κ3) is 52.1. The summed E-state index contributed by atoms with van der Waals surface area (Å²) >= 11 is 0. The molecule has 19 heteroatoms. The minimum absolute atomic E-state index is 0.233. The number of aliphatic hydroxyl groups is 11. The molecule has 666 valence electrons. The number of carbonyl (C=O) groups is 1. The predicted octanol–water partition coefficient (Wildman–Crippen LogP) is 19.0. The Hall–Kier alpha value is -1.99. The van der Waals surface area contributed by atoms with Crippen molar-refractivity contribution in [2.24, 2.45) is 0 Å². The Balaban J connectivity index is 1.29. The normalized spacial score (nSPS) is 24.9. The van der Waals surface area contributed by atoms with Crippen LogP contribution in [0.25, 0.3) is 0 Å². The van der Waals surface area contributed by atoms with Crippen LogP contribution in [0.4, 0.5) is 0 Å². The number of nitrogens with one attached hydrogen (secondary N) is 1. The van der Waals surface area contributed by atoms with Gasteiger partial charge >= 0.3 is 0 Å². The molecule has 3 aliphatic rings. The van der Waals surface area contributed by atoms with Crippen molar-refractivity contribution >= 4 is 5.91 Å².